The Morgan fingerprint density at radius 1 is 1.16 bits per heavy atom. The van der Waals surface area contributed by atoms with Crippen molar-refractivity contribution in [3.05, 3.63) is 53.9 Å². The number of aryl methyl sites for hydroxylation is 1. The van der Waals surface area contributed by atoms with Crippen LogP contribution < -0.4 is 10.5 Å². The quantitative estimate of drug-likeness (QED) is 0.884. The number of para-hydroxylation sites is 1. The summed E-state index contributed by atoms with van der Waals surface area (Å²) in [6.45, 7) is 4.16. The molecule has 1 atom stereocenters. The van der Waals surface area contributed by atoms with E-state index in [1.165, 1.54) is 5.56 Å². The molecule has 1 heterocycles. The van der Waals surface area contributed by atoms with Crippen molar-refractivity contribution < 1.29 is 4.74 Å². The predicted molar refractivity (Wildman–Crippen MR) is 77.4 cm³/mol. The molecule has 0 saturated carbocycles. The van der Waals surface area contributed by atoms with Crippen LogP contribution in [0.4, 0.5) is 0 Å². The molecule has 0 bridgehead atoms. The van der Waals surface area contributed by atoms with Crippen molar-refractivity contribution >= 4 is 0 Å². The van der Waals surface area contributed by atoms with Crippen LogP contribution in [0.2, 0.25) is 0 Å². The monoisotopic (exact) mass is 256 g/mol. The van der Waals surface area contributed by atoms with Gasteiger partial charge in [-0.2, -0.15) is 0 Å². The SMILES string of the molecule is CCc1ccccc1Oc1ccc([C@H](N)CC)nc1. The number of hydrogen-bond acceptors (Lipinski definition) is 3. The van der Waals surface area contributed by atoms with E-state index in [0.717, 1.165) is 30.0 Å². The van der Waals surface area contributed by atoms with Crippen LogP contribution in [0.15, 0.2) is 42.6 Å². The molecular formula is C16H20N2O. The Morgan fingerprint density at radius 2 is 1.95 bits per heavy atom. The maximum atomic E-state index is 5.94. The van der Waals surface area contributed by atoms with Crippen molar-refractivity contribution in [2.75, 3.05) is 0 Å². The average Bonchev–Trinajstić information content (AvgIpc) is 2.48. The molecular weight excluding hydrogens is 236 g/mol. The Kier molecular flexibility index (Phi) is 4.53. The molecule has 3 heteroatoms. The van der Waals surface area contributed by atoms with Crippen LogP contribution in [0.1, 0.15) is 37.6 Å². The molecule has 0 aliphatic carbocycles. The van der Waals surface area contributed by atoms with Gasteiger partial charge in [0.25, 0.3) is 0 Å². The first kappa shape index (κ1) is 13.6. The third-order valence-corrected chi connectivity index (χ3v) is 3.16. The van der Waals surface area contributed by atoms with Crippen molar-refractivity contribution in [2.24, 2.45) is 5.73 Å². The molecule has 100 valence electrons. The smallest absolute Gasteiger partial charge is 0.145 e. The van der Waals surface area contributed by atoms with Gasteiger partial charge in [-0.1, -0.05) is 32.0 Å². The fourth-order valence-corrected chi connectivity index (χ4v) is 1.90. The Morgan fingerprint density at radius 3 is 2.58 bits per heavy atom. The summed E-state index contributed by atoms with van der Waals surface area (Å²) in [5.74, 6) is 1.63. The molecule has 1 aromatic heterocycles. The molecule has 0 saturated heterocycles. The lowest BCUT2D eigenvalue weighted by Crippen LogP contribution is -2.10. The lowest BCUT2D eigenvalue weighted by Gasteiger charge is -2.11. The molecule has 1 aromatic carbocycles. The van der Waals surface area contributed by atoms with E-state index in [1.54, 1.807) is 6.20 Å². The van der Waals surface area contributed by atoms with Crippen LogP contribution in [0, 0.1) is 0 Å². The minimum Gasteiger partial charge on any atom is -0.455 e. The van der Waals surface area contributed by atoms with Gasteiger partial charge in [0.1, 0.15) is 11.5 Å². The van der Waals surface area contributed by atoms with Gasteiger partial charge in [-0.15, -0.1) is 0 Å². The molecule has 0 radical (unpaired) electrons. The van der Waals surface area contributed by atoms with E-state index >= 15 is 0 Å². The molecule has 3 nitrogen and oxygen atoms in total. The number of benzene rings is 1. The largest absolute Gasteiger partial charge is 0.455 e. The highest BCUT2D eigenvalue weighted by Crippen LogP contribution is 2.25. The average molecular weight is 256 g/mol. The zero-order valence-corrected chi connectivity index (χ0v) is 11.5. The maximum Gasteiger partial charge on any atom is 0.145 e. The van der Waals surface area contributed by atoms with Crippen LogP contribution in [-0.4, -0.2) is 4.98 Å². The summed E-state index contributed by atoms with van der Waals surface area (Å²) in [5, 5.41) is 0. The summed E-state index contributed by atoms with van der Waals surface area (Å²) in [6, 6.07) is 11.9. The minimum absolute atomic E-state index is 0.00280. The van der Waals surface area contributed by atoms with Crippen LogP contribution in [0.3, 0.4) is 0 Å². The number of ether oxygens (including phenoxy) is 1. The number of nitrogens with zero attached hydrogens (tertiary/aromatic N) is 1. The second kappa shape index (κ2) is 6.34. The standard InChI is InChI=1S/C16H20N2O/c1-3-12-7-5-6-8-16(12)19-13-9-10-15(18-11-13)14(17)4-2/h5-11,14H,3-4,17H2,1-2H3/t14-/m1/s1. The molecule has 0 unspecified atom stereocenters. The Balaban J connectivity index is 2.15. The second-order valence-corrected chi connectivity index (χ2v) is 4.50. The number of hydrogen-bond donors (Lipinski definition) is 1. The van der Waals surface area contributed by atoms with Crippen LogP contribution >= 0.6 is 0 Å². The van der Waals surface area contributed by atoms with Crippen molar-refractivity contribution in [1.82, 2.24) is 4.98 Å². The van der Waals surface area contributed by atoms with Crippen molar-refractivity contribution in [3.63, 3.8) is 0 Å². The first-order valence-corrected chi connectivity index (χ1v) is 6.71. The van der Waals surface area contributed by atoms with Gasteiger partial charge in [0, 0.05) is 6.04 Å². The van der Waals surface area contributed by atoms with E-state index in [2.05, 4.69) is 18.0 Å². The Bertz CT molecular complexity index is 523. The van der Waals surface area contributed by atoms with Gasteiger partial charge in [-0.3, -0.25) is 4.98 Å². The molecule has 2 N–H and O–H groups in total. The first-order chi connectivity index (χ1) is 9.24. The zero-order chi connectivity index (χ0) is 13.7. The van der Waals surface area contributed by atoms with Crippen LogP contribution in [-0.2, 0) is 6.42 Å². The number of nitrogens with two attached hydrogens (primary N) is 1. The fraction of sp³-hybridized carbons (Fsp3) is 0.312. The molecule has 0 aliphatic rings. The highest BCUT2D eigenvalue weighted by Gasteiger charge is 2.06. The Labute approximate surface area is 114 Å². The predicted octanol–water partition coefficient (Wildman–Crippen LogP) is 3.85. The number of pyridine rings is 1. The zero-order valence-electron chi connectivity index (χ0n) is 11.5. The van der Waals surface area contributed by atoms with Gasteiger partial charge >= 0.3 is 0 Å². The molecule has 0 amide bonds. The summed E-state index contributed by atoms with van der Waals surface area (Å²) in [6.07, 6.45) is 3.56. The van der Waals surface area contributed by atoms with E-state index in [1.807, 2.05) is 37.3 Å². The summed E-state index contributed by atoms with van der Waals surface area (Å²) >= 11 is 0. The number of aromatic nitrogens is 1. The highest BCUT2D eigenvalue weighted by atomic mass is 16.5. The summed E-state index contributed by atoms with van der Waals surface area (Å²) < 4.78 is 5.87. The molecule has 19 heavy (non-hydrogen) atoms. The summed E-state index contributed by atoms with van der Waals surface area (Å²) in [5.41, 5.74) is 8.03. The topological polar surface area (TPSA) is 48.1 Å². The Hall–Kier alpha value is -1.87. The van der Waals surface area contributed by atoms with E-state index in [9.17, 15) is 0 Å². The van der Waals surface area contributed by atoms with Crippen LogP contribution in [0.5, 0.6) is 11.5 Å². The molecule has 0 spiro atoms. The van der Waals surface area contributed by atoms with Crippen molar-refractivity contribution in [1.29, 1.82) is 0 Å². The third-order valence-electron chi connectivity index (χ3n) is 3.16. The van der Waals surface area contributed by atoms with Gasteiger partial charge in [0.05, 0.1) is 11.9 Å². The lowest BCUT2D eigenvalue weighted by atomic mass is 10.1. The summed E-state index contributed by atoms with van der Waals surface area (Å²) in [7, 11) is 0. The second-order valence-electron chi connectivity index (χ2n) is 4.50. The van der Waals surface area contributed by atoms with Gasteiger partial charge < -0.3 is 10.5 Å². The minimum atomic E-state index is -0.00280. The van der Waals surface area contributed by atoms with Crippen LogP contribution in [0.25, 0.3) is 0 Å². The number of rotatable bonds is 5. The van der Waals surface area contributed by atoms with Gasteiger partial charge in [-0.25, -0.2) is 0 Å². The van der Waals surface area contributed by atoms with E-state index in [4.69, 9.17) is 10.5 Å². The summed E-state index contributed by atoms with van der Waals surface area (Å²) in [4.78, 5) is 4.35. The van der Waals surface area contributed by atoms with Gasteiger partial charge in [0.15, 0.2) is 0 Å². The van der Waals surface area contributed by atoms with Crippen molar-refractivity contribution in [2.45, 2.75) is 32.7 Å². The van der Waals surface area contributed by atoms with E-state index in [-0.39, 0.29) is 6.04 Å². The molecule has 0 aliphatic heterocycles. The highest BCUT2D eigenvalue weighted by molar-refractivity contribution is 5.37. The van der Waals surface area contributed by atoms with E-state index in [0.29, 0.717) is 0 Å². The van der Waals surface area contributed by atoms with Gasteiger partial charge in [-0.05, 0) is 36.6 Å². The normalized spacial score (nSPS) is 12.2. The van der Waals surface area contributed by atoms with Crippen molar-refractivity contribution in [3.8, 4) is 11.5 Å². The molecule has 0 fully saturated rings. The fourth-order valence-electron chi connectivity index (χ4n) is 1.90. The third kappa shape index (κ3) is 3.32. The first-order valence-electron chi connectivity index (χ1n) is 6.71. The lowest BCUT2D eigenvalue weighted by molar-refractivity contribution is 0.473. The van der Waals surface area contributed by atoms with Gasteiger partial charge in [0.2, 0.25) is 0 Å². The molecule has 2 aromatic rings. The molecule has 2 rings (SSSR count). The van der Waals surface area contributed by atoms with E-state index < -0.39 is 0 Å². The maximum absolute atomic E-state index is 5.94.